The van der Waals surface area contributed by atoms with E-state index in [1.807, 2.05) is 45.9 Å². The fraction of sp³-hybridized carbons (Fsp3) is 0.500. The maximum absolute atomic E-state index is 12.0. The summed E-state index contributed by atoms with van der Waals surface area (Å²) in [5, 5.41) is 2.96. The molecule has 1 aromatic rings. The zero-order valence-electron chi connectivity index (χ0n) is 10.6. The van der Waals surface area contributed by atoms with Crippen LogP contribution in [0.1, 0.15) is 33.3 Å². The van der Waals surface area contributed by atoms with Crippen molar-refractivity contribution in [3.63, 3.8) is 0 Å². The first-order chi connectivity index (χ1) is 7.42. The normalized spacial score (nSPS) is 11.6. The van der Waals surface area contributed by atoms with Crippen LogP contribution in [-0.4, -0.2) is 11.9 Å². The van der Waals surface area contributed by atoms with Crippen molar-refractivity contribution in [2.24, 2.45) is 5.41 Å². The fourth-order valence-corrected chi connectivity index (χ4v) is 1.64. The molecular weight excluding hydrogens is 198 g/mol. The maximum Gasteiger partial charge on any atom is 0.226 e. The lowest BCUT2D eigenvalue weighted by molar-refractivity contribution is -0.129. The van der Waals surface area contributed by atoms with Gasteiger partial charge in [0.15, 0.2) is 0 Å². The van der Waals surface area contributed by atoms with Gasteiger partial charge in [0.05, 0.1) is 0 Å². The molecule has 1 amide bonds. The quantitative estimate of drug-likeness (QED) is 0.829. The Bertz CT molecular complexity index is 341. The van der Waals surface area contributed by atoms with Crippen LogP contribution in [0.2, 0.25) is 0 Å². The number of benzene rings is 1. The van der Waals surface area contributed by atoms with Crippen molar-refractivity contribution < 1.29 is 4.79 Å². The lowest BCUT2D eigenvalue weighted by atomic mass is 9.84. The first-order valence-electron chi connectivity index (χ1n) is 5.77. The average molecular weight is 219 g/mol. The summed E-state index contributed by atoms with van der Waals surface area (Å²) >= 11 is 0. The van der Waals surface area contributed by atoms with Gasteiger partial charge >= 0.3 is 0 Å². The first kappa shape index (κ1) is 12.8. The summed E-state index contributed by atoms with van der Waals surface area (Å²) in [5.41, 5.74) is 0.845. The van der Waals surface area contributed by atoms with Crippen LogP contribution in [-0.2, 0) is 11.2 Å². The second-order valence-corrected chi connectivity index (χ2v) is 5.17. The van der Waals surface area contributed by atoms with Crippen LogP contribution in [0.5, 0.6) is 0 Å². The van der Waals surface area contributed by atoms with Gasteiger partial charge in [-0.2, -0.15) is 0 Å². The summed E-state index contributed by atoms with van der Waals surface area (Å²) in [6.45, 7) is 7.93. The van der Waals surface area contributed by atoms with Crippen molar-refractivity contribution in [2.75, 3.05) is 0 Å². The van der Waals surface area contributed by atoms with Crippen molar-refractivity contribution in [1.29, 1.82) is 0 Å². The van der Waals surface area contributed by atoms with E-state index in [0.717, 1.165) is 6.42 Å². The lowest BCUT2D eigenvalue weighted by Crippen LogP contribution is -2.41. The summed E-state index contributed by atoms with van der Waals surface area (Å²) in [6, 6.07) is 10.3. The molecule has 0 heterocycles. The summed E-state index contributed by atoms with van der Waals surface area (Å²) in [4.78, 5) is 12.0. The zero-order valence-corrected chi connectivity index (χ0v) is 10.6. The standard InChI is InChI=1S/C14H21NO/c1-11(2)15-13(16)14(3,4)10-12-8-6-5-7-9-12/h5-9,11H,10H2,1-4H3,(H,15,16). The van der Waals surface area contributed by atoms with Crippen molar-refractivity contribution in [2.45, 2.75) is 40.2 Å². The molecule has 0 atom stereocenters. The Morgan fingerprint density at radius 3 is 2.31 bits per heavy atom. The molecule has 0 saturated carbocycles. The van der Waals surface area contributed by atoms with Crippen molar-refractivity contribution in [1.82, 2.24) is 5.32 Å². The largest absolute Gasteiger partial charge is 0.353 e. The number of carbonyl (C=O) groups is 1. The minimum Gasteiger partial charge on any atom is -0.353 e. The molecule has 0 aliphatic heterocycles. The van der Waals surface area contributed by atoms with Crippen LogP contribution in [0.15, 0.2) is 30.3 Å². The summed E-state index contributed by atoms with van der Waals surface area (Å²) in [7, 11) is 0. The first-order valence-corrected chi connectivity index (χ1v) is 5.77. The smallest absolute Gasteiger partial charge is 0.226 e. The highest BCUT2D eigenvalue weighted by atomic mass is 16.2. The maximum atomic E-state index is 12.0. The molecule has 0 fully saturated rings. The van der Waals surface area contributed by atoms with Gasteiger partial charge in [0.1, 0.15) is 0 Å². The fourth-order valence-electron chi connectivity index (χ4n) is 1.64. The van der Waals surface area contributed by atoms with Crippen LogP contribution in [0.25, 0.3) is 0 Å². The van der Waals surface area contributed by atoms with Crippen molar-refractivity contribution >= 4 is 5.91 Å². The van der Waals surface area contributed by atoms with Gasteiger partial charge in [-0.3, -0.25) is 4.79 Å². The molecule has 0 radical (unpaired) electrons. The topological polar surface area (TPSA) is 29.1 Å². The van der Waals surface area contributed by atoms with Gasteiger partial charge in [-0.1, -0.05) is 44.2 Å². The molecule has 88 valence electrons. The van der Waals surface area contributed by atoms with Crippen molar-refractivity contribution in [3.8, 4) is 0 Å². The molecular formula is C14H21NO. The third kappa shape index (κ3) is 3.69. The summed E-state index contributed by atoms with van der Waals surface area (Å²) in [5.74, 6) is 0.117. The molecule has 0 aliphatic rings. The van der Waals surface area contributed by atoms with Crippen molar-refractivity contribution in [3.05, 3.63) is 35.9 Å². The highest BCUT2D eigenvalue weighted by molar-refractivity contribution is 5.82. The van der Waals surface area contributed by atoms with Crippen LogP contribution in [0.3, 0.4) is 0 Å². The van der Waals surface area contributed by atoms with E-state index in [2.05, 4.69) is 17.4 Å². The van der Waals surface area contributed by atoms with E-state index in [1.165, 1.54) is 5.56 Å². The molecule has 1 rings (SSSR count). The molecule has 1 aromatic carbocycles. The van der Waals surface area contributed by atoms with Gasteiger partial charge < -0.3 is 5.32 Å². The van der Waals surface area contributed by atoms with E-state index < -0.39 is 0 Å². The van der Waals surface area contributed by atoms with Gasteiger partial charge in [-0.05, 0) is 25.8 Å². The van der Waals surface area contributed by atoms with E-state index in [1.54, 1.807) is 0 Å². The van der Waals surface area contributed by atoms with E-state index in [0.29, 0.717) is 0 Å². The van der Waals surface area contributed by atoms with E-state index >= 15 is 0 Å². The molecule has 0 aromatic heterocycles. The summed E-state index contributed by atoms with van der Waals surface area (Å²) < 4.78 is 0. The predicted molar refractivity (Wildman–Crippen MR) is 67.2 cm³/mol. The van der Waals surface area contributed by atoms with E-state index in [-0.39, 0.29) is 17.4 Å². The highest BCUT2D eigenvalue weighted by Gasteiger charge is 2.27. The molecule has 16 heavy (non-hydrogen) atoms. The molecule has 0 saturated heterocycles. The Balaban J connectivity index is 2.68. The van der Waals surface area contributed by atoms with Gasteiger partial charge in [-0.15, -0.1) is 0 Å². The minimum atomic E-state index is -0.356. The molecule has 2 heteroatoms. The Morgan fingerprint density at radius 2 is 1.81 bits per heavy atom. The monoisotopic (exact) mass is 219 g/mol. The molecule has 0 spiro atoms. The Labute approximate surface area is 98.1 Å². The van der Waals surface area contributed by atoms with E-state index in [4.69, 9.17) is 0 Å². The van der Waals surface area contributed by atoms with Gasteiger partial charge in [0.2, 0.25) is 5.91 Å². The molecule has 1 N–H and O–H groups in total. The number of rotatable bonds is 4. The van der Waals surface area contributed by atoms with Crippen LogP contribution < -0.4 is 5.32 Å². The zero-order chi connectivity index (χ0) is 12.2. The van der Waals surface area contributed by atoms with E-state index in [9.17, 15) is 4.79 Å². The predicted octanol–water partition coefficient (Wildman–Crippen LogP) is 2.78. The Morgan fingerprint density at radius 1 is 1.25 bits per heavy atom. The highest BCUT2D eigenvalue weighted by Crippen LogP contribution is 2.22. The third-order valence-corrected chi connectivity index (χ3v) is 2.52. The SMILES string of the molecule is CC(C)NC(=O)C(C)(C)Cc1ccccc1. The van der Waals surface area contributed by atoms with Crippen LogP contribution >= 0.6 is 0 Å². The van der Waals surface area contributed by atoms with Crippen LogP contribution in [0, 0.1) is 5.41 Å². The molecule has 0 unspecified atom stereocenters. The number of hydrogen-bond donors (Lipinski definition) is 1. The third-order valence-electron chi connectivity index (χ3n) is 2.52. The Kier molecular flexibility index (Phi) is 4.11. The summed E-state index contributed by atoms with van der Waals surface area (Å²) in [6.07, 6.45) is 0.770. The lowest BCUT2D eigenvalue weighted by Gasteiger charge is -2.25. The van der Waals surface area contributed by atoms with Gasteiger partial charge in [0.25, 0.3) is 0 Å². The molecule has 2 nitrogen and oxygen atoms in total. The van der Waals surface area contributed by atoms with Crippen LogP contribution in [0.4, 0.5) is 0 Å². The number of amides is 1. The number of carbonyl (C=O) groups excluding carboxylic acids is 1. The number of nitrogens with one attached hydrogen (secondary N) is 1. The molecule has 0 aliphatic carbocycles. The van der Waals surface area contributed by atoms with Gasteiger partial charge in [0, 0.05) is 11.5 Å². The number of hydrogen-bond acceptors (Lipinski definition) is 1. The average Bonchev–Trinajstić information content (AvgIpc) is 2.17. The second kappa shape index (κ2) is 5.15. The molecule has 0 bridgehead atoms. The minimum absolute atomic E-state index is 0.117. The van der Waals surface area contributed by atoms with Gasteiger partial charge in [-0.25, -0.2) is 0 Å². The second-order valence-electron chi connectivity index (χ2n) is 5.17. The Hall–Kier alpha value is -1.31.